The molecule has 0 spiro atoms. The number of hydrogen-bond donors (Lipinski definition) is 2. The van der Waals surface area contributed by atoms with Crippen LogP contribution in [0.15, 0.2) is 24.5 Å². The van der Waals surface area contributed by atoms with Gasteiger partial charge in [-0.05, 0) is 45.2 Å². The van der Waals surface area contributed by atoms with E-state index in [-0.39, 0.29) is 6.42 Å². The second kappa shape index (κ2) is 6.88. The zero-order valence-corrected chi connectivity index (χ0v) is 11.9. The first-order valence-corrected chi connectivity index (χ1v) is 6.39. The molecule has 0 aliphatic heterocycles. The van der Waals surface area contributed by atoms with E-state index in [1.165, 1.54) is 0 Å². The van der Waals surface area contributed by atoms with Crippen molar-refractivity contribution in [1.82, 2.24) is 10.3 Å². The number of carbonyl (C=O) groups excluding carboxylic acids is 1. The highest BCUT2D eigenvalue weighted by molar-refractivity contribution is 5.80. The minimum absolute atomic E-state index is 0.278. The molecule has 1 heterocycles. The fourth-order valence-electron chi connectivity index (χ4n) is 1.56. The molecular weight excluding hydrogens is 260 g/mol. The molecule has 6 nitrogen and oxygen atoms in total. The molecule has 0 fully saturated rings. The lowest BCUT2D eigenvalue weighted by Gasteiger charge is -2.22. The number of ether oxygens (including phenoxy) is 1. The number of aromatic nitrogens is 1. The van der Waals surface area contributed by atoms with Crippen LogP contribution in [0.2, 0.25) is 0 Å². The van der Waals surface area contributed by atoms with E-state index in [1.54, 1.807) is 39.2 Å². The molecule has 1 rings (SSSR count). The highest BCUT2D eigenvalue weighted by Gasteiger charge is 2.23. The number of rotatable bonds is 5. The van der Waals surface area contributed by atoms with Crippen molar-refractivity contribution < 1.29 is 19.4 Å². The molecule has 0 aromatic carbocycles. The monoisotopic (exact) mass is 280 g/mol. The van der Waals surface area contributed by atoms with Crippen molar-refractivity contribution in [3.05, 3.63) is 30.1 Å². The third kappa shape index (κ3) is 6.17. The molecule has 1 aromatic rings. The van der Waals surface area contributed by atoms with Crippen LogP contribution in [-0.4, -0.2) is 33.8 Å². The standard InChI is InChI=1S/C14H20N2O4/c1-14(2,3)20-13(19)16-11(12(17)18)7-6-10-5-4-8-15-9-10/h4-5,8-9,11H,6-7H2,1-3H3,(H,16,19)(H,17,18)/t11-/m1/s1. The second-order valence-electron chi connectivity index (χ2n) is 5.44. The van der Waals surface area contributed by atoms with Gasteiger partial charge in [0.15, 0.2) is 0 Å². The van der Waals surface area contributed by atoms with Crippen LogP contribution in [0.5, 0.6) is 0 Å². The average molecular weight is 280 g/mol. The Balaban J connectivity index is 2.53. The maximum atomic E-state index is 11.6. The number of carboxylic acid groups (broad SMARTS) is 1. The second-order valence-corrected chi connectivity index (χ2v) is 5.44. The Morgan fingerprint density at radius 2 is 2.15 bits per heavy atom. The van der Waals surface area contributed by atoms with Crippen molar-refractivity contribution in [2.45, 2.75) is 45.3 Å². The minimum atomic E-state index is -1.08. The van der Waals surface area contributed by atoms with Gasteiger partial charge in [0.2, 0.25) is 0 Å². The van der Waals surface area contributed by atoms with Crippen LogP contribution in [0.1, 0.15) is 32.8 Å². The molecule has 0 unspecified atom stereocenters. The van der Waals surface area contributed by atoms with Crippen molar-refractivity contribution in [2.75, 3.05) is 0 Å². The number of carboxylic acids is 1. The lowest BCUT2D eigenvalue weighted by molar-refractivity contribution is -0.139. The number of carbonyl (C=O) groups is 2. The van der Waals surface area contributed by atoms with Gasteiger partial charge in [0.05, 0.1) is 0 Å². The van der Waals surface area contributed by atoms with Crippen molar-refractivity contribution >= 4 is 12.1 Å². The Morgan fingerprint density at radius 1 is 1.45 bits per heavy atom. The summed E-state index contributed by atoms with van der Waals surface area (Å²) in [5, 5.41) is 11.5. The van der Waals surface area contributed by atoms with Gasteiger partial charge in [0, 0.05) is 12.4 Å². The number of alkyl carbamates (subject to hydrolysis) is 1. The Hall–Kier alpha value is -2.11. The summed E-state index contributed by atoms with van der Waals surface area (Å²) >= 11 is 0. The molecule has 0 radical (unpaired) electrons. The number of nitrogens with one attached hydrogen (secondary N) is 1. The molecule has 1 atom stereocenters. The molecule has 6 heteroatoms. The Kier molecular flexibility index (Phi) is 5.49. The van der Waals surface area contributed by atoms with Gasteiger partial charge in [-0.3, -0.25) is 4.98 Å². The molecule has 0 saturated carbocycles. The maximum Gasteiger partial charge on any atom is 0.408 e. The molecule has 2 N–H and O–H groups in total. The first kappa shape index (κ1) is 15.9. The molecule has 0 aliphatic carbocycles. The third-order valence-corrected chi connectivity index (χ3v) is 2.43. The predicted molar refractivity (Wildman–Crippen MR) is 73.4 cm³/mol. The van der Waals surface area contributed by atoms with Crippen LogP contribution < -0.4 is 5.32 Å². The molecule has 0 saturated heterocycles. The Bertz CT molecular complexity index is 454. The van der Waals surface area contributed by atoms with Crippen molar-refractivity contribution in [2.24, 2.45) is 0 Å². The topological polar surface area (TPSA) is 88.5 Å². The zero-order chi connectivity index (χ0) is 15.2. The van der Waals surface area contributed by atoms with E-state index < -0.39 is 23.7 Å². The fourth-order valence-corrected chi connectivity index (χ4v) is 1.56. The summed E-state index contributed by atoms with van der Waals surface area (Å²) < 4.78 is 5.04. The summed E-state index contributed by atoms with van der Waals surface area (Å²) in [5.74, 6) is -1.08. The van der Waals surface area contributed by atoms with Gasteiger partial charge in [-0.25, -0.2) is 9.59 Å². The van der Waals surface area contributed by atoms with Gasteiger partial charge in [0.1, 0.15) is 11.6 Å². The van der Waals surface area contributed by atoms with E-state index in [4.69, 9.17) is 9.84 Å². The average Bonchev–Trinajstić information content (AvgIpc) is 2.33. The number of pyridine rings is 1. The van der Waals surface area contributed by atoms with E-state index in [9.17, 15) is 9.59 Å². The molecule has 110 valence electrons. The van der Waals surface area contributed by atoms with E-state index in [1.807, 2.05) is 6.07 Å². The molecule has 0 bridgehead atoms. The first-order chi connectivity index (χ1) is 9.28. The highest BCUT2D eigenvalue weighted by atomic mass is 16.6. The van der Waals surface area contributed by atoms with Crippen molar-refractivity contribution in [3.63, 3.8) is 0 Å². The molecule has 0 aliphatic rings. The molecule has 20 heavy (non-hydrogen) atoms. The van der Waals surface area contributed by atoms with Gasteiger partial charge in [-0.2, -0.15) is 0 Å². The number of amides is 1. The lowest BCUT2D eigenvalue weighted by Crippen LogP contribution is -2.43. The van der Waals surface area contributed by atoms with Gasteiger partial charge in [0.25, 0.3) is 0 Å². The number of aliphatic carboxylic acids is 1. The quantitative estimate of drug-likeness (QED) is 0.861. The summed E-state index contributed by atoms with van der Waals surface area (Å²) in [4.78, 5) is 26.7. The predicted octanol–water partition coefficient (Wildman–Crippen LogP) is 1.99. The SMILES string of the molecule is CC(C)(C)OC(=O)N[C@H](CCc1cccnc1)C(=O)O. The van der Waals surface area contributed by atoms with Crippen molar-refractivity contribution in [3.8, 4) is 0 Å². The smallest absolute Gasteiger partial charge is 0.408 e. The lowest BCUT2D eigenvalue weighted by atomic mass is 10.1. The number of hydrogen-bond acceptors (Lipinski definition) is 4. The van der Waals surface area contributed by atoms with E-state index in [0.29, 0.717) is 6.42 Å². The van der Waals surface area contributed by atoms with E-state index in [2.05, 4.69) is 10.3 Å². The first-order valence-electron chi connectivity index (χ1n) is 6.39. The Labute approximate surface area is 118 Å². The van der Waals surface area contributed by atoms with E-state index >= 15 is 0 Å². The van der Waals surface area contributed by atoms with Crippen LogP contribution >= 0.6 is 0 Å². The van der Waals surface area contributed by atoms with Crippen LogP contribution in [0.25, 0.3) is 0 Å². The fraction of sp³-hybridized carbons (Fsp3) is 0.500. The van der Waals surface area contributed by atoms with Crippen molar-refractivity contribution in [1.29, 1.82) is 0 Å². The van der Waals surface area contributed by atoms with E-state index in [0.717, 1.165) is 5.56 Å². The summed E-state index contributed by atoms with van der Waals surface area (Å²) in [7, 11) is 0. The van der Waals surface area contributed by atoms with Crippen LogP contribution in [0.3, 0.4) is 0 Å². The van der Waals surface area contributed by atoms with Gasteiger partial charge >= 0.3 is 12.1 Å². The third-order valence-electron chi connectivity index (χ3n) is 2.43. The van der Waals surface area contributed by atoms with Crippen LogP contribution in [0.4, 0.5) is 4.79 Å². The summed E-state index contributed by atoms with van der Waals surface area (Å²) in [6, 6.07) is 2.66. The largest absolute Gasteiger partial charge is 0.480 e. The summed E-state index contributed by atoms with van der Waals surface area (Å²) in [6.45, 7) is 5.16. The normalized spacial score (nSPS) is 12.6. The molecular formula is C14H20N2O4. The number of nitrogens with zero attached hydrogens (tertiary/aromatic N) is 1. The summed E-state index contributed by atoms with van der Waals surface area (Å²) in [6.07, 6.45) is 3.39. The van der Waals surface area contributed by atoms with Gasteiger partial charge in [-0.1, -0.05) is 6.07 Å². The molecule has 1 aromatic heterocycles. The molecule has 1 amide bonds. The maximum absolute atomic E-state index is 11.6. The van der Waals surface area contributed by atoms with Gasteiger partial charge < -0.3 is 15.2 Å². The van der Waals surface area contributed by atoms with Gasteiger partial charge in [-0.15, -0.1) is 0 Å². The minimum Gasteiger partial charge on any atom is -0.480 e. The summed E-state index contributed by atoms with van der Waals surface area (Å²) in [5.41, 5.74) is 0.265. The Morgan fingerprint density at radius 3 is 2.65 bits per heavy atom. The van der Waals surface area contributed by atoms with Crippen LogP contribution in [0, 0.1) is 0 Å². The van der Waals surface area contributed by atoms with Crippen LogP contribution in [-0.2, 0) is 16.0 Å². The number of aryl methyl sites for hydroxylation is 1. The highest BCUT2D eigenvalue weighted by Crippen LogP contribution is 2.08. The zero-order valence-electron chi connectivity index (χ0n) is 11.9.